The predicted molar refractivity (Wildman–Crippen MR) is 113 cm³/mol. The van der Waals surface area contributed by atoms with Crippen LogP contribution in [0.2, 0.25) is 5.02 Å². The van der Waals surface area contributed by atoms with Crippen LogP contribution in [0, 0.1) is 0 Å². The summed E-state index contributed by atoms with van der Waals surface area (Å²) in [6.45, 7) is 1.80. The van der Waals surface area contributed by atoms with Gasteiger partial charge in [0.15, 0.2) is 11.5 Å². The number of aromatic nitrogens is 1. The first-order chi connectivity index (χ1) is 14.6. The van der Waals surface area contributed by atoms with E-state index >= 15 is 0 Å². The van der Waals surface area contributed by atoms with Crippen LogP contribution in [0.1, 0.15) is 36.6 Å². The predicted octanol–water partition coefficient (Wildman–Crippen LogP) is 3.99. The third kappa shape index (κ3) is 3.61. The number of oxazole rings is 1. The van der Waals surface area contributed by atoms with Crippen LogP contribution in [-0.4, -0.2) is 45.7 Å². The number of imide groups is 1. The normalized spacial score (nSPS) is 21.1. The zero-order valence-electron chi connectivity index (χ0n) is 16.5. The molecule has 0 unspecified atom stereocenters. The largest absolute Gasteiger partial charge is 0.440 e. The zero-order chi connectivity index (χ0) is 20.7. The molecule has 2 amide bonds. The van der Waals surface area contributed by atoms with E-state index in [1.54, 1.807) is 12.1 Å². The number of benzene rings is 2. The van der Waals surface area contributed by atoms with Crippen LogP contribution in [0.4, 0.5) is 0 Å². The van der Waals surface area contributed by atoms with Gasteiger partial charge in [0.25, 0.3) is 0 Å². The molecule has 0 aliphatic carbocycles. The molecule has 6 nitrogen and oxygen atoms in total. The molecule has 2 aliphatic rings. The molecule has 3 heterocycles. The fourth-order valence-electron chi connectivity index (χ4n) is 4.41. The van der Waals surface area contributed by atoms with Gasteiger partial charge >= 0.3 is 0 Å². The Kier molecular flexibility index (Phi) is 5.05. The maximum absolute atomic E-state index is 13.0. The van der Waals surface area contributed by atoms with Crippen molar-refractivity contribution in [2.45, 2.75) is 37.8 Å². The summed E-state index contributed by atoms with van der Waals surface area (Å²) in [6.07, 6.45) is 1.98. The second-order valence-corrected chi connectivity index (χ2v) is 8.43. The lowest BCUT2D eigenvalue weighted by molar-refractivity contribution is -0.140. The van der Waals surface area contributed by atoms with E-state index in [1.807, 2.05) is 36.4 Å². The number of rotatable bonds is 4. The Morgan fingerprint density at radius 2 is 1.77 bits per heavy atom. The molecule has 2 aliphatic heterocycles. The molecule has 30 heavy (non-hydrogen) atoms. The van der Waals surface area contributed by atoms with E-state index in [0.29, 0.717) is 11.6 Å². The van der Waals surface area contributed by atoms with Gasteiger partial charge in [-0.1, -0.05) is 35.9 Å². The lowest BCUT2D eigenvalue weighted by atomic mass is 9.95. The van der Waals surface area contributed by atoms with Crippen LogP contribution in [0.15, 0.2) is 52.9 Å². The van der Waals surface area contributed by atoms with Crippen molar-refractivity contribution in [2.24, 2.45) is 0 Å². The van der Waals surface area contributed by atoms with Crippen molar-refractivity contribution in [2.75, 3.05) is 13.1 Å². The summed E-state index contributed by atoms with van der Waals surface area (Å²) >= 11 is 5.92. The minimum atomic E-state index is -0.366. The molecule has 0 N–H and O–H groups in total. The third-order valence-electron chi connectivity index (χ3n) is 6.10. The number of amides is 2. The number of hydrogen-bond acceptors (Lipinski definition) is 5. The number of carbonyl (C=O) groups is 2. The molecule has 0 spiro atoms. The van der Waals surface area contributed by atoms with Crippen molar-refractivity contribution in [3.63, 3.8) is 0 Å². The summed E-state index contributed by atoms with van der Waals surface area (Å²) in [5, 5.41) is 0.637. The van der Waals surface area contributed by atoms with Gasteiger partial charge in [0.2, 0.25) is 11.8 Å². The number of para-hydroxylation sites is 2. The highest BCUT2D eigenvalue weighted by Gasteiger charge is 2.43. The zero-order valence-corrected chi connectivity index (χ0v) is 17.2. The Morgan fingerprint density at radius 1 is 1.03 bits per heavy atom. The number of likely N-dealkylation sites (tertiary alicyclic amines) is 2. The quantitative estimate of drug-likeness (QED) is 0.593. The highest BCUT2D eigenvalue weighted by atomic mass is 35.5. The third-order valence-corrected chi connectivity index (χ3v) is 6.36. The fraction of sp³-hybridized carbons (Fsp3) is 0.348. The van der Waals surface area contributed by atoms with E-state index in [1.165, 1.54) is 4.90 Å². The second kappa shape index (κ2) is 7.85. The first-order valence-electron chi connectivity index (χ1n) is 10.3. The molecule has 2 aromatic carbocycles. The van der Waals surface area contributed by atoms with E-state index in [0.717, 1.165) is 48.5 Å². The van der Waals surface area contributed by atoms with Crippen LogP contribution in [0.25, 0.3) is 11.1 Å². The SMILES string of the molecule is O=C1C[C@H](N2CCC(c3nc4ccccc4o3)CC2)C(=O)N1Cc1ccc(Cl)cc1. The first-order valence-corrected chi connectivity index (χ1v) is 10.6. The van der Waals surface area contributed by atoms with E-state index < -0.39 is 0 Å². The highest BCUT2D eigenvalue weighted by molar-refractivity contribution is 6.30. The molecule has 0 radical (unpaired) electrons. The van der Waals surface area contributed by atoms with Gasteiger partial charge in [0, 0.05) is 10.9 Å². The molecule has 5 rings (SSSR count). The van der Waals surface area contributed by atoms with E-state index in [-0.39, 0.29) is 30.2 Å². The van der Waals surface area contributed by atoms with Crippen LogP contribution in [0.3, 0.4) is 0 Å². The maximum Gasteiger partial charge on any atom is 0.247 e. The van der Waals surface area contributed by atoms with Gasteiger partial charge in [0.1, 0.15) is 5.52 Å². The topological polar surface area (TPSA) is 66.7 Å². The number of piperidine rings is 1. The molecule has 7 heteroatoms. The molecule has 3 aromatic rings. The van der Waals surface area contributed by atoms with E-state index in [2.05, 4.69) is 9.88 Å². The Balaban J connectivity index is 1.23. The number of fused-ring (bicyclic) bond motifs is 1. The van der Waals surface area contributed by atoms with Crippen molar-refractivity contribution in [3.8, 4) is 0 Å². The van der Waals surface area contributed by atoms with Gasteiger partial charge in [-0.25, -0.2) is 4.98 Å². The number of carbonyl (C=O) groups excluding carboxylic acids is 2. The molecule has 1 aromatic heterocycles. The molecule has 0 bridgehead atoms. The molecule has 2 saturated heterocycles. The summed E-state index contributed by atoms with van der Waals surface area (Å²) in [4.78, 5) is 33.6. The fourth-order valence-corrected chi connectivity index (χ4v) is 4.54. The summed E-state index contributed by atoms with van der Waals surface area (Å²) < 4.78 is 5.93. The van der Waals surface area contributed by atoms with Gasteiger partial charge in [-0.15, -0.1) is 0 Å². The Bertz CT molecular complexity index is 1050. The summed E-state index contributed by atoms with van der Waals surface area (Å²) in [7, 11) is 0. The Morgan fingerprint density at radius 3 is 2.50 bits per heavy atom. The van der Waals surface area contributed by atoms with Crippen molar-refractivity contribution in [1.82, 2.24) is 14.8 Å². The standard InChI is InChI=1S/C23H22ClN3O3/c24-17-7-5-15(6-8-17)14-27-21(28)13-19(23(27)29)26-11-9-16(10-12-26)22-25-18-3-1-2-4-20(18)30-22/h1-8,16,19H,9-14H2/t19-/m0/s1. The maximum atomic E-state index is 13.0. The molecule has 154 valence electrons. The Labute approximate surface area is 179 Å². The van der Waals surface area contributed by atoms with Crippen molar-refractivity contribution in [3.05, 3.63) is 65.0 Å². The smallest absolute Gasteiger partial charge is 0.247 e. The molecule has 1 atom stereocenters. The van der Waals surface area contributed by atoms with Crippen LogP contribution in [-0.2, 0) is 16.1 Å². The lowest BCUT2D eigenvalue weighted by Gasteiger charge is -2.33. The van der Waals surface area contributed by atoms with Crippen LogP contribution < -0.4 is 0 Å². The van der Waals surface area contributed by atoms with Gasteiger partial charge in [-0.2, -0.15) is 0 Å². The summed E-state index contributed by atoms with van der Waals surface area (Å²) in [5.74, 6) is 0.802. The number of nitrogens with zero attached hydrogens (tertiary/aromatic N) is 3. The van der Waals surface area contributed by atoms with Crippen LogP contribution >= 0.6 is 11.6 Å². The lowest BCUT2D eigenvalue weighted by Crippen LogP contribution is -2.45. The monoisotopic (exact) mass is 423 g/mol. The molecular weight excluding hydrogens is 402 g/mol. The van der Waals surface area contributed by atoms with Gasteiger partial charge in [-0.05, 0) is 55.8 Å². The first kappa shape index (κ1) is 19.3. The van der Waals surface area contributed by atoms with Gasteiger partial charge in [0.05, 0.1) is 19.0 Å². The molecule has 0 saturated carbocycles. The Hall–Kier alpha value is -2.70. The average molecular weight is 424 g/mol. The number of halogens is 1. The van der Waals surface area contributed by atoms with E-state index in [9.17, 15) is 9.59 Å². The van der Waals surface area contributed by atoms with Gasteiger partial charge in [-0.3, -0.25) is 19.4 Å². The van der Waals surface area contributed by atoms with Crippen molar-refractivity contribution < 1.29 is 14.0 Å². The van der Waals surface area contributed by atoms with Crippen LogP contribution in [0.5, 0.6) is 0 Å². The highest BCUT2D eigenvalue weighted by Crippen LogP contribution is 2.32. The average Bonchev–Trinajstić information content (AvgIpc) is 3.32. The molecule has 2 fully saturated rings. The second-order valence-electron chi connectivity index (χ2n) is 7.99. The van der Waals surface area contributed by atoms with Crippen molar-refractivity contribution >= 4 is 34.5 Å². The van der Waals surface area contributed by atoms with Crippen molar-refractivity contribution in [1.29, 1.82) is 0 Å². The van der Waals surface area contributed by atoms with Gasteiger partial charge < -0.3 is 4.42 Å². The minimum Gasteiger partial charge on any atom is -0.440 e. The summed E-state index contributed by atoms with van der Waals surface area (Å²) in [6, 6.07) is 14.7. The minimum absolute atomic E-state index is 0.102. The summed E-state index contributed by atoms with van der Waals surface area (Å²) in [5.41, 5.74) is 2.59. The number of hydrogen-bond donors (Lipinski definition) is 0. The molecular formula is C23H22ClN3O3. The van der Waals surface area contributed by atoms with E-state index in [4.69, 9.17) is 16.0 Å².